The van der Waals surface area contributed by atoms with Crippen LogP contribution in [0.5, 0.6) is 0 Å². The molecule has 0 spiro atoms. The first-order chi connectivity index (χ1) is 19.5. The third-order valence-electron chi connectivity index (χ3n) is 6.01. The van der Waals surface area contributed by atoms with Gasteiger partial charge in [-0.2, -0.15) is 0 Å². The maximum Gasteiger partial charge on any atom is 0.0945 e. The number of hydrogen-bond donors (Lipinski definition) is 2. The predicted octanol–water partition coefficient (Wildman–Crippen LogP) is 10.6. The minimum Gasteiger partial charge on any atom is -0.381 e. The standard InChI is InChI=1S/C21H25N.C12H15N.C3H7F.C2H6/c1-21(2,3)19-12-13-22-20(15-19)18-11-7-10-17(14-18)16-8-5-4-6-9-16;1-10(2)9-13-11(3)12-7-5-4-6-8-12;1-3(2)4;1-2/h5,7-12,14-15,22H,4,6,13H2,1-3H3;4-8,13H,1,3,9H2,2H3;3H,1-2H3;1-2H3. The van der Waals surface area contributed by atoms with Crippen molar-refractivity contribution in [2.75, 3.05) is 13.1 Å². The molecule has 0 bridgehead atoms. The normalized spacial score (nSPS) is 13.8. The Balaban J connectivity index is 0.000000376. The maximum absolute atomic E-state index is 11.0. The molecule has 1 aliphatic heterocycles. The Morgan fingerprint density at radius 3 is 2.15 bits per heavy atom. The summed E-state index contributed by atoms with van der Waals surface area (Å²) in [5, 5.41) is 6.72. The minimum absolute atomic E-state index is 0.194. The number of benzene rings is 2. The first kappa shape index (κ1) is 35.4. The number of dihydropyridines is 1. The van der Waals surface area contributed by atoms with Gasteiger partial charge in [-0.1, -0.05) is 126 Å². The van der Waals surface area contributed by atoms with Crippen molar-refractivity contribution < 1.29 is 4.39 Å². The van der Waals surface area contributed by atoms with Crippen molar-refractivity contribution in [1.82, 2.24) is 10.6 Å². The van der Waals surface area contributed by atoms with Crippen LogP contribution >= 0.6 is 0 Å². The van der Waals surface area contributed by atoms with Crippen molar-refractivity contribution in [1.29, 1.82) is 0 Å². The fourth-order valence-corrected chi connectivity index (χ4v) is 3.94. The van der Waals surface area contributed by atoms with Crippen molar-refractivity contribution in [3.8, 4) is 0 Å². The monoisotopic (exact) mass is 556 g/mol. The van der Waals surface area contributed by atoms with E-state index in [1.54, 1.807) is 0 Å². The van der Waals surface area contributed by atoms with Crippen LogP contribution < -0.4 is 10.6 Å². The van der Waals surface area contributed by atoms with Crippen LogP contribution in [-0.2, 0) is 0 Å². The lowest BCUT2D eigenvalue weighted by Gasteiger charge is -2.26. The van der Waals surface area contributed by atoms with E-state index in [1.807, 2.05) is 51.1 Å². The van der Waals surface area contributed by atoms with E-state index < -0.39 is 6.17 Å². The van der Waals surface area contributed by atoms with Gasteiger partial charge in [-0.25, -0.2) is 4.39 Å². The lowest BCUT2D eigenvalue weighted by molar-refractivity contribution is 0.391. The summed E-state index contributed by atoms with van der Waals surface area (Å²) in [4.78, 5) is 0. The Hall–Kier alpha value is -3.59. The van der Waals surface area contributed by atoms with Gasteiger partial charge in [0.1, 0.15) is 0 Å². The van der Waals surface area contributed by atoms with E-state index in [0.717, 1.165) is 42.8 Å². The fourth-order valence-electron chi connectivity index (χ4n) is 3.94. The summed E-state index contributed by atoms with van der Waals surface area (Å²) in [6, 6.07) is 18.9. The predicted molar refractivity (Wildman–Crippen MR) is 182 cm³/mol. The van der Waals surface area contributed by atoms with E-state index in [2.05, 4.69) is 99.2 Å². The maximum atomic E-state index is 11.0. The summed E-state index contributed by atoms with van der Waals surface area (Å²) in [6.07, 6.45) is 13.1. The molecule has 1 heterocycles. The van der Waals surface area contributed by atoms with Gasteiger partial charge in [-0.05, 0) is 79.0 Å². The van der Waals surface area contributed by atoms with Gasteiger partial charge < -0.3 is 10.6 Å². The number of allylic oxidation sites excluding steroid dienone is 6. The molecule has 0 radical (unpaired) electrons. The molecule has 222 valence electrons. The third-order valence-corrected chi connectivity index (χ3v) is 6.01. The molecule has 2 nitrogen and oxygen atoms in total. The molecule has 2 aromatic carbocycles. The second kappa shape index (κ2) is 18.7. The summed E-state index contributed by atoms with van der Waals surface area (Å²) in [6.45, 7) is 25.3. The van der Waals surface area contributed by atoms with Crippen molar-refractivity contribution in [2.45, 2.75) is 74.4 Å². The van der Waals surface area contributed by atoms with Crippen molar-refractivity contribution in [3.63, 3.8) is 0 Å². The average Bonchev–Trinajstić information content (AvgIpc) is 2.97. The van der Waals surface area contributed by atoms with Gasteiger partial charge in [-0.15, -0.1) is 0 Å². The highest BCUT2D eigenvalue weighted by Gasteiger charge is 2.18. The Morgan fingerprint density at radius 2 is 1.59 bits per heavy atom. The Morgan fingerprint density at radius 1 is 0.951 bits per heavy atom. The molecule has 2 aliphatic rings. The fraction of sp³-hybridized carbons (Fsp3) is 0.368. The van der Waals surface area contributed by atoms with E-state index in [0.29, 0.717) is 0 Å². The van der Waals surface area contributed by atoms with Crippen molar-refractivity contribution in [2.24, 2.45) is 5.41 Å². The second-order valence-corrected chi connectivity index (χ2v) is 11.2. The molecule has 0 amide bonds. The number of alkyl halides is 1. The Labute approximate surface area is 250 Å². The lowest BCUT2D eigenvalue weighted by atomic mass is 9.84. The van der Waals surface area contributed by atoms with E-state index in [1.165, 1.54) is 41.8 Å². The topological polar surface area (TPSA) is 24.1 Å². The summed E-state index contributed by atoms with van der Waals surface area (Å²) < 4.78 is 11.0. The molecule has 0 saturated carbocycles. The molecule has 41 heavy (non-hydrogen) atoms. The van der Waals surface area contributed by atoms with Gasteiger partial charge in [0.05, 0.1) is 6.17 Å². The van der Waals surface area contributed by atoms with Gasteiger partial charge in [0.15, 0.2) is 0 Å². The SMILES string of the molecule is C=C(C)CNC(=C)c1ccccc1.CC.CC(C)(C)C1=CCNC(c2cccc(C3=CCCC=C3)c2)=C1.CC(C)F. The summed E-state index contributed by atoms with van der Waals surface area (Å²) in [5.74, 6) is 0. The number of nitrogens with one attached hydrogen (secondary N) is 2. The first-order valence-corrected chi connectivity index (χ1v) is 14.9. The van der Waals surface area contributed by atoms with Crippen LogP contribution in [0.2, 0.25) is 0 Å². The van der Waals surface area contributed by atoms with Gasteiger partial charge in [-0.3, -0.25) is 0 Å². The van der Waals surface area contributed by atoms with Gasteiger partial charge >= 0.3 is 0 Å². The molecule has 0 saturated heterocycles. The van der Waals surface area contributed by atoms with E-state index in [-0.39, 0.29) is 5.41 Å². The van der Waals surface area contributed by atoms with E-state index in [4.69, 9.17) is 0 Å². The number of rotatable bonds is 6. The highest BCUT2D eigenvalue weighted by molar-refractivity contribution is 5.78. The molecule has 2 N–H and O–H groups in total. The van der Waals surface area contributed by atoms with Crippen LogP contribution in [0.3, 0.4) is 0 Å². The van der Waals surface area contributed by atoms with Crippen LogP contribution in [-0.4, -0.2) is 19.3 Å². The second-order valence-electron chi connectivity index (χ2n) is 11.2. The number of halogens is 1. The van der Waals surface area contributed by atoms with E-state index in [9.17, 15) is 4.39 Å². The summed E-state index contributed by atoms with van der Waals surface area (Å²) >= 11 is 0. The van der Waals surface area contributed by atoms with Crippen LogP contribution in [0.15, 0.2) is 109 Å². The molecule has 4 rings (SSSR count). The third kappa shape index (κ3) is 14.0. The van der Waals surface area contributed by atoms with E-state index >= 15 is 0 Å². The molecule has 0 fully saturated rings. The highest BCUT2D eigenvalue weighted by Crippen LogP contribution is 2.31. The van der Waals surface area contributed by atoms with Gasteiger partial charge in [0.25, 0.3) is 0 Å². The first-order valence-electron chi connectivity index (χ1n) is 14.9. The van der Waals surface area contributed by atoms with Crippen LogP contribution in [0.4, 0.5) is 4.39 Å². The molecule has 0 aromatic heterocycles. The summed E-state index contributed by atoms with van der Waals surface area (Å²) in [7, 11) is 0. The van der Waals surface area contributed by atoms with Crippen molar-refractivity contribution in [3.05, 3.63) is 126 Å². The molecule has 0 atom stereocenters. The largest absolute Gasteiger partial charge is 0.381 e. The molecule has 3 heteroatoms. The molecule has 1 aliphatic carbocycles. The van der Waals surface area contributed by atoms with Crippen molar-refractivity contribution >= 4 is 17.0 Å². The summed E-state index contributed by atoms with van der Waals surface area (Å²) in [5.41, 5.74) is 9.94. The number of hydrogen-bond acceptors (Lipinski definition) is 2. The minimum atomic E-state index is -0.667. The zero-order valence-electron chi connectivity index (χ0n) is 26.8. The molecular formula is C38H53FN2. The van der Waals surface area contributed by atoms with Crippen LogP contribution in [0.25, 0.3) is 17.0 Å². The Bertz CT molecular complexity index is 1200. The highest BCUT2D eigenvalue weighted by atomic mass is 19.1. The average molecular weight is 557 g/mol. The molecule has 2 aromatic rings. The smallest absolute Gasteiger partial charge is 0.0945 e. The molecular weight excluding hydrogens is 503 g/mol. The quantitative estimate of drug-likeness (QED) is 0.346. The van der Waals surface area contributed by atoms with Gasteiger partial charge in [0.2, 0.25) is 0 Å². The Kier molecular flexibility index (Phi) is 16.2. The van der Waals surface area contributed by atoms with Crippen LogP contribution in [0.1, 0.15) is 84.9 Å². The van der Waals surface area contributed by atoms with Gasteiger partial charge in [0, 0.05) is 24.5 Å². The zero-order valence-corrected chi connectivity index (χ0v) is 26.8. The lowest BCUT2D eigenvalue weighted by Crippen LogP contribution is -2.20. The van der Waals surface area contributed by atoms with Crippen LogP contribution in [0, 0.1) is 5.41 Å². The zero-order chi connectivity index (χ0) is 30.8. The molecule has 0 unspecified atom stereocenters.